The van der Waals surface area contributed by atoms with Gasteiger partial charge in [-0.3, -0.25) is 14.9 Å². The highest BCUT2D eigenvalue weighted by Gasteiger charge is 2.37. The van der Waals surface area contributed by atoms with Crippen molar-refractivity contribution >= 4 is 47.2 Å². The van der Waals surface area contributed by atoms with Crippen LogP contribution in [-0.2, 0) is 14.3 Å². The topological polar surface area (TPSA) is 122 Å². The van der Waals surface area contributed by atoms with Gasteiger partial charge in [-0.15, -0.1) is 0 Å². The minimum absolute atomic E-state index is 0.0344. The zero-order valence-electron chi connectivity index (χ0n) is 16.5. The van der Waals surface area contributed by atoms with Crippen LogP contribution >= 0.6 is 11.6 Å². The van der Waals surface area contributed by atoms with Crippen LogP contribution in [0.3, 0.4) is 0 Å². The van der Waals surface area contributed by atoms with Crippen LogP contribution in [0.5, 0.6) is 11.5 Å². The summed E-state index contributed by atoms with van der Waals surface area (Å²) >= 11 is 6.00. The second-order valence-corrected chi connectivity index (χ2v) is 6.69. The third-order valence-electron chi connectivity index (χ3n) is 4.31. The molecule has 1 saturated heterocycles. The van der Waals surface area contributed by atoms with E-state index >= 15 is 0 Å². The molecule has 160 valence electrons. The molecule has 1 aliphatic rings. The average molecular weight is 445 g/mol. The Morgan fingerprint density at radius 3 is 2.48 bits per heavy atom. The van der Waals surface area contributed by atoms with Gasteiger partial charge in [-0.2, -0.15) is 0 Å². The number of halogens is 1. The van der Waals surface area contributed by atoms with Crippen molar-refractivity contribution < 1.29 is 33.8 Å². The minimum atomic E-state index is -0.934. The number of nitrogens with one attached hydrogen (secondary N) is 1. The molecule has 1 aliphatic heterocycles. The number of urea groups is 1. The first-order chi connectivity index (χ1) is 14.8. The molecule has 0 aliphatic carbocycles. The van der Waals surface area contributed by atoms with Crippen molar-refractivity contribution in [3.05, 3.63) is 58.1 Å². The zero-order chi connectivity index (χ0) is 22.7. The number of barbiturate groups is 1. The summed E-state index contributed by atoms with van der Waals surface area (Å²) in [6.45, 7) is 1.97. The number of phenolic OH excluding ortho intramolecular Hbond substituents is 1. The molecule has 31 heavy (non-hydrogen) atoms. The summed E-state index contributed by atoms with van der Waals surface area (Å²) in [6.07, 6.45) is 1.23. The lowest BCUT2D eigenvalue weighted by Gasteiger charge is -2.26. The van der Waals surface area contributed by atoms with Gasteiger partial charge in [0.1, 0.15) is 5.57 Å². The first-order valence-electron chi connectivity index (χ1n) is 9.02. The minimum Gasteiger partial charge on any atom is -0.503 e. The van der Waals surface area contributed by atoms with Crippen molar-refractivity contribution in [3.8, 4) is 11.5 Å². The summed E-state index contributed by atoms with van der Waals surface area (Å²) in [6, 6.07) is 7.34. The number of esters is 1. The predicted octanol–water partition coefficient (Wildman–Crippen LogP) is 2.90. The van der Waals surface area contributed by atoms with Crippen LogP contribution in [-0.4, -0.2) is 42.6 Å². The van der Waals surface area contributed by atoms with Crippen LogP contribution < -0.4 is 15.0 Å². The number of benzene rings is 2. The van der Waals surface area contributed by atoms with E-state index in [1.807, 2.05) is 0 Å². The van der Waals surface area contributed by atoms with Crippen LogP contribution in [0.25, 0.3) is 6.08 Å². The van der Waals surface area contributed by atoms with Crippen LogP contribution in [0.4, 0.5) is 10.5 Å². The number of amides is 4. The van der Waals surface area contributed by atoms with Gasteiger partial charge in [0.2, 0.25) is 0 Å². The lowest BCUT2D eigenvalue weighted by molar-refractivity contribution is -0.122. The van der Waals surface area contributed by atoms with Crippen LogP contribution in [0.1, 0.15) is 22.8 Å². The Kier molecular flexibility index (Phi) is 6.26. The Morgan fingerprint density at radius 2 is 1.87 bits per heavy atom. The number of methoxy groups -OCH3 is 1. The van der Waals surface area contributed by atoms with E-state index in [0.29, 0.717) is 5.56 Å². The molecule has 1 heterocycles. The Labute approximate surface area is 181 Å². The number of aromatic hydroxyl groups is 1. The number of rotatable bonds is 5. The van der Waals surface area contributed by atoms with Crippen molar-refractivity contribution in [1.29, 1.82) is 0 Å². The number of hydrogen-bond donors (Lipinski definition) is 2. The third kappa shape index (κ3) is 4.36. The quantitative estimate of drug-likeness (QED) is 0.413. The predicted molar refractivity (Wildman–Crippen MR) is 111 cm³/mol. The largest absolute Gasteiger partial charge is 0.503 e. The highest BCUT2D eigenvalue weighted by molar-refractivity contribution is 6.39. The summed E-state index contributed by atoms with van der Waals surface area (Å²) in [7, 11) is 1.23. The van der Waals surface area contributed by atoms with Gasteiger partial charge >= 0.3 is 12.0 Å². The third-order valence-corrected chi connectivity index (χ3v) is 4.60. The molecule has 3 rings (SSSR count). The number of nitrogens with zero attached hydrogens (tertiary/aromatic N) is 1. The lowest BCUT2D eigenvalue weighted by Crippen LogP contribution is -2.54. The number of imide groups is 2. The first-order valence-corrected chi connectivity index (χ1v) is 9.39. The average Bonchev–Trinajstić information content (AvgIpc) is 2.74. The summed E-state index contributed by atoms with van der Waals surface area (Å²) in [4.78, 5) is 49.9. The Balaban J connectivity index is 1.99. The standard InChI is InChI=1S/C21H17ClN2O7/c1-3-31-16-10-11(9-15(22)17(16)25)8-14-18(26)23-21(29)24(19(14)27)13-6-4-12(5-7-13)20(28)30-2/h4-10,25H,3H2,1-2H3,(H,23,26,29)/b14-8+. The molecule has 0 spiro atoms. The molecule has 9 nitrogen and oxygen atoms in total. The molecule has 0 bridgehead atoms. The molecule has 0 radical (unpaired) electrons. The number of anilines is 1. The van der Waals surface area contributed by atoms with E-state index < -0.39 is 23.8 Å². The molecule has 0 atom stereocenters. The maximum absolute atomic E-state index is 13.0. The summed E-state index contributed by atoms with van der Waals surface area (Å²) in [5, 5.41) is 12.0. The van der Waals surface area contributed by atoms with E-state index in [1.165, 1.54) is 49.6 Å². The first kappa shape index (κ1) is 21.8. The molecule has 0 saturated carbocycles. The summed E-state index contributed by atoms with van der Waals surface area (Å²) in [5.41, 5.74) is 0.346. The second-order valence-electron chi connectivity index (χ2n) is 6.28. The van der Waals surface area contributed by atoms with Crippen molar-refractivity contribution in [2.75, 3.05) is 18.6 Å². The number of carbonyl (C=O) groups excluding carboxylic acids is 4. The van der Waals surface area contributed by atoms with E-state index in [2.05, 4.69) is 10.1 Å². The zero-order valence-corrected chi connectivity index (χ0v) is 17.2. The smallest absolute Gasteiger partial charge is 0.337 e. The Morgan fingerprint density at radius 1 is 1.19 bits per heavy atom. The Bertz CT molecular complexity index is 1110. The van der Waals surface area contributed by atoms with Crippen molar-refractivity contribution in [1.82, 2.24) is 5.32 Å². The fourth-order valence-corrected chi connectivity index (χ4v) is 3.08. The molecule has 4 amide bonds. The maximum Gasteiger partial charge on any atom is 0.337 e. The fourth-order valence-electron chi connectivity index (χ4n) is 2.87. The molecule has 10 heteroatoms. The van der Waals surface area contributed by atoms with Crippen LogP contribution in [0.15, 0.2) is 42.0 Å². The van der Waals surface area contributed by atoms with E-state index in [4.69, 9.17) is 16.3 Å². The van der Waals surface area contributed by atoms with Crippen molar-refractivity contribution in [2.24, 2.45) is 0 Å². The molecule has 2 aromatic rings. The Hall–Kier alpha value is -3.85. The SMILES string of the molecule is CCOc1cc(/C=C2\C(=O)NC(=O)N(c3ccc(C(=O)OC)cc3)C2=O)cc(Cl)c1O. The highest BCUT2D eigenvalue weighted by atomic mass is 35.5. The fraction of sp³-hybridized carbons (Fsp3) is 0.143. The molecule has 1 fully saturated rings. The number of ether oxygens (including phenoxy) is 2. The molecule has 2 N–H and O–H groups in total. The van der Waals surface area contributed by atoms with E-state index in [1.54, 1.807) is 6.92 Å². The van der Waals surface area contributed by atoms with E-state index in [0.717, 1.165) is 4.90 Å². The van der Waals surface area contributed by atoms with Gasteiger partial charge in [0.05, 0.1) is 30.0 Å². The maximum atomic E-state index is 13.0. The van der Waals surface area contributed by atoms with Gasteiger partial charge in [0, 0.05) is 0 Å². The van der Waals surface area contributed by atoms with E-state index in [9.17, 15) is 24.3 Å². The molecule has 0 unspecified atom stereocenters. The van der Waals surface area contributed by atoms with Gasteiger partial charge in [-0.05, 0) is 55.0 Å². The number of phenols is 1. The van der Waals surface area contributed by atoms with Crippen molar-refractivity contribution in [2.45, 2.75) is 6.92 Å². The second kappa shape index (κ2) is 8.88. The number of carbonyl (C=O) groups is 4. The summed E-state index contributed by atoms with van der Waals surface area (Å²) in [5.74, 6) is -2.53. The van der Waals surface area contributed by atoms with Gasteiger partial charge in [0.15, 0.2) is 11.5 Å². The summed E-state index contributed by atoms with van der Waals surface area (Å²) < 4.78 is 9.91. The highest BCUT2D eigenvalue weighted by Crippen LogP contribution is 2.36. The van der Waals surface area contributed by atoms with Gasteiger partial charge in [-0.1, -0.05) is 11.6 Å². The lowest BCUT2D eigenvalue weighted by atomic mass is 10.1. The van der Waals surface area contributed by atoms with E-state index in [-0.39, 0.29) is 40.0 Å². The molecular formula is C21H17ClN2O7. The van der Waals surface area contributed by atoms with Gasteiger partial charge in [-0.25, -0.2) is 14.5 Å². The van der Waals surface area contributed by atoms with Crippen molar-refractivity contribution in [3.63, 3.8) is 0 Å². The number of hydrogen-bond acceptors (Lipinski definition) is 7. The molecule has 0 aromatic heterocycles. The van der Waals surface area contributed by atoms with Crippen LogP contribution in [0.2, 0.25) is 5.02 Å². The van der Waals surface area contributed by atoms with Gasteiger partial charge in [0.25, 0.3) is 11.8 Å². The molecule has 2 aromatic carbocycles. The monoisotopic (exact) mass is 444 g/mol. The van der Waals surface area contributed by atoms with Gasteiger partial charge < -0.3 is 14.6 Å². The normalized spacial score (nSPS) is 15.1. The molecular weight excluding hydrogens is 428 g/mol. The van der Waals surface area contributed by atoms with Crippen LogP contribution in [0, 0.1) is 0 Å².